The third kappa shape index (κ3) is 3.74. The molecule has 21 heavy (non-hydrogen) atoms. The molecule has 114 valence electrons. The van der Waals surface area contributed by atoms with Crippen molar-refractivity contribution in [1.82, 2.24) is 4.90 Å². The van der Waals surface area contributed by atoms with E-state index in [1.807, 2.05) is 4.90 Å². The summed E-state index contributed by atoms with van der Waals surface area (Å²) in [5.41, 5.74) is 5.59. The Morgan fingerprint density at radius 2 is 2.10 bits per heavy atom. The average Bonchev–Trinajstić information content (AvgIpc) is 2.52. The number of hydrogen-bond donors (Lipinski definition) is 1. The molecule has 0 aliphatic carbocycles. The molecule has 2 amide bonds. The first-order valence-electron chi connectivity index (χ1n) is 7.44. The minimum atomic E-state index is -0.553. The number of likely N-dealkylation sites (tertiary alicyclic amines) is 1. The van der Waals surface area contributed by atoms with Crippen LogP contribution in [0.4, 0.5) is 0 Å². The predicted molar refractivity (Wildman–Crippen MR) is 80.1 cm³/mol. The molecule has 1 aliphatic rings. The van der Waals surface area contributed by atoms with E-state index in [9.17, 15) is 9.59 Å². The van der Waals surface area contributed by atoms with E-state index in [0.29, 0.717) is 17.4 Å². The number of rotatable bonds is 5. The molecule has 1 fully saturated rings. The highest BCUT2D eigenvalue weighted by atomic mass is 16.5. The van der Waals surface area contributed by atoms with Gasteiger partial charge in [0.25, 0.3) is 11.8 Å². The Morgan fingerprint density at radius 3 is 2.81 bits per heavy atom. The van der Waals surface area contributed by atoms with Gasteiger partial charge in [-0.2, -0.15) is 0 Å². The van der Waals surface area contributed by atoms with E-state index in [2.05, 4.69) is 6.92 Å². The van der Waals surface area contributed by atoms with Crippen molar-refractivity contribution in [1.29, 1.82) is 0 Å². The maximum absolute atomic E-state index is 12.3. The number of ether oxygens (including phenoxy) is 1. The number of carbonyl (C=O) groups excluding carboxylic acids is 2. The highest BCUT2D eigenvalue weighted by molar-refractivity contribution is 5.95. The van der Waals surface area contributed by atoms with Gasteiger partial charge >= 0.3 is 0 Å². The molecule has 1 atom stereocenters. The van der Waals surface area contributed by atoms with Crippen LogP contribution in [0.5, 0.6) is 5.75 Å². The summed E-state index contributed by atoms with van der Waals surface area (Å²) in [6, 6.07) is 7.02. The number of amides is 2. The summed E-state index contributed by atoms with van der Waals surface area (Å²) >= 11 is 0. The summed E-state index contributed by atoms with van der Waals surface area (Å²) in [7, 11) is 0. The number of nitrogens with zero attached hydrogens (tertiary/aromatic N) is 1. The number of nitrogens with two attached hydrogens (primary N) is 1. The molecule has 1 heterocycles. The Hall–Kier alpha value is -2.04. The van der Waals surface area contributed by atoms with E-state index < -0.39 is 5.91 Å². The Balaban J connectivity index is 1.99. The van der Waals surface area contributed by atoms with Gasteiger partial charge < -0.3 is 15.4 Å². The van der Waals surface area contributed by atoms with E-state index in [4.69, 9.17) is 10.5 Å². The molecule has 1 saturated heterocycles. The van der Waals surface area contributed by atoms with Crippen molar-refractivity contribution in [3.8, 4) is 5.75 Å². The average molecular weight is 290 g/mol. The maximum atomic E-state index is 12.3. The Kier molecular flexibility index (Phi) is 5.20. The van der Waals surface area contributed by atoms with Gasteiger partial charge in [0.2, 0.25) is 0 Å². The zero-order valence-corrected chi connectivity index (χ0v) is 12.4. The van der Waals surface area contributed by atoms with Crippen molar-refractivity contribution in [3.63, 3.8) is 0 Å². The molecule has 1 aromatic rings. The summed E-state index contributed by atoms with van der Waals surface area (Å²) in [4.78, 5) is 25.5. The molecule has 0 spiro atoms. The molecular formula is C16H22N2O3. The van der Waals surface area contributed by atoms with Crippen LogP contribution in [0.15, 0.2) is 24.3 Å². The van der Waals surface area contributed by atoms with Crippen molar-refractivity contribution in [2.24, 2.45) is 5.73 Å². The van der Waals surface area contributed by atoms with Gasteiger partial charge in [-0.3, -0.25) is 9.59 Å². The second-order valence-electron chi connectivity index (χ2n) is 5.29. The number of para-hydroxylation sites is 1. The zero-order valence-electron chi connectivity index (χ0n) is 12.4. The predicted octanol–water partition coefficient (Wildman–Crippen LogP) is 1.96. The van der Waals surface area contributed by atoms with E-state index in [1.54, 1.807) is 24.3 Å². The summed E-state index contributed by atoms with van der Waals surface area (Å²) in [5.74, 6) is -0.216. The number of piperidine rings is 1. The van der Waals surface area contributed by atoms with E-state index >= 15 is 0 Å². The standard InChI is InChI=1S/C16H22N2O3/c1-2-12-7-5-6-10-18(12)15(19)11-21-14-9-4-3-8-13(14)16(17)20/h3-4,8-9,12H,2,5-7,10-11H2,1H3,(H2,17,20)/t12-/m1/s1. The van der Waals surface area contributed by atoms with Crippen LogP contribution >= 0.6 is 0 Å². The topological polar surface area (TPSA) is 72.6 Å². The molecule has 0 bridgehead atoms. The van der Waals surface area contributed by atoms with Gasteiger partial charge in [0, 0.05) is 12.6 Å². The molecule has 0 radical (unpaired) electrons. The third-order valence-corrected chi connectivity index (χ3v) is 3.92. The summed E-state index contributed by atoms with van der Waals surface area (Å²) in [6.07, 6.45) is 4.23. The van der Waals surface area contributed by atoms with Crippen LogP contribution in [0.3, 0.4) is 0 Å². The Bertz CT molecular complexity index is 516. The van der Waals surface area contributed by atoms with Gasteiger partial charge in [0.05, 0.1) is 5.56 Å². The highest BCUT2D eigenvalue weighted by Crippen LogP contribution is 2.21. The van der Waals surface area contributed by atoms with Crippen LogP contribution in [0, 0.1) is 0 Å². The second-order valence-corrected chi connectivity index (χ2v) is 5.29. The molecule has 0 saturated carbocycles. The lowest BCUT2D eigenvalue weighted by Crippen LogP contribution is -2.45. The van der Waals surface area contributed by atoms with Crippen molar-refractivity contribution in [2.45, 2.75) is 38.6 Å². The smallest absolute Gasteiger partial charge is 0.260 e. The number of carbonyl (C=O) groups is 2. The Morgan fingerprint density at radius 1 is 1.33 bits per heavy atom. The molecule has 5 nitrogen and oxygen atoms in total. The van der Waals surface area contributed by atoms with E-state index in [-0.39, 0.29) is 12.5 Å². The summed E-state index contributed by atoms with van der Waals surface area (Å²) in [6.45, 7) is 2.83. The minimum Gasteiger partial charge on any atom is -0.483 e. The molecule has 2 rings (SSSR count). The summed E-state index contributed by atoms with van der Waals surface area (Å²) in [5, 5.41) is 0. The van der Waals surface area contributed by atoms with Crippen molar-refractivity contribution < 1.29 is 14.3 Å². The van der Waals surface area contributed by atoms with Gasteiger partial charge in [-0.25, -0.2) is 0 Å². The van der Waals surface area contributed by atoms with Crippen LogP contribution in [-0.4, -0.2) is 35.9 Å². The Labute approximate surface area is 125 Å². The van der Waals surface area contributed by atoms with Crippen LogP contribution in [0.2, 0.25) is 0 Å². The number of benzene rings is 1. The summed E-state index contributed by atoms with van der Waals surface area (Å²) < 4.78 is 5.51. The largest absolute Gasteiger partial charge is 0.483 e. The molecule has 1 aliphatic heterocycles. The normalized spacial score (nSPS) is 18.3. The fourth-order valence-electron chi connectivity index (χ4n) is 2.77. The first-order valence-corrected chi connectivity index (χ1v) is 7.44. The van der Waals surface area contributed by atoms with Crippen molar-refractivity contribution in [2.75, 3.05) is 13.2 Å². The first-order chi connectivity index (χ1) is 10.1. The molecular weight excluding hydrogens is 268 g/mol. The third-order valence-electron chi connectivity index (χ3n) is 3.92. The molecule has 0 unspecified atom stereocenters. The SMILES string of the molecule is CC[C@@H]1CCCCN1C(=O)COc1ccccc1C(N)=O. The van der Waals surface area contributed by atoms with Crippen LogP contribution in [-0.2, 0) is 4.79 Å². The minimum absolute atomic E-state index is 0.0270. The van der Waals surface area contributed by atoms with Gasteiger partial charge in [-0.15, -0.1) is 0 Å². The quantitative estimate of drug-likeness (QED) is 0.901. The van der Waals surface area contributed by atoms with Crippen molar-refractivity contribution >= 4 is 11.8 Å². The molecule has 2 N–H and O–H groups in total. The lowest BCUT2D eigenvalue weighted by Gasteiger charge is -2.35. The van der Waals surface area contributed by atoms with Gasteiger partial charge in [0.1, 0.15) is 5.75 Å². The second kappa shape index (κ2) is 7.11. The van der Waals surface area contributed by atoms with Gasteiger partial charge in [0.15, 0.2) is 6.61 Å². The fourth-order valence-corrected chi connectivity index (χ4v) is 2.77. The number of primary amides is 1. The van der Waals surface area contributed by atoms with E-state index in [0.717, 1.165) is 25.8 Å². The van der Waals surface area contributed by atoms with Gasteiger partial charge in [-0.05, 0) is 37.8 Å². The number of hydrogen-bond acceptors (Lipinski definition) is 3. The fraction of sp³-hybridized carbons (Fsp3) is 0.500. The first kappa shape index (κ1) is 15.4. The lowest BCUT2D eigenvalue weighted by molar-refractivity contribution is -0.137. The molecule has 5 heteroatoms. The zero-order chi connectivity index (χ0) is 15.2. The molecule has 0 aromatic heterocycles. The van der Waals surface area contributed by atoms with E-state index in [1.165, 1.54) is 6.42 Å². The van der Waals surface area contributed by atoms with Crippen molar-refractivity contribution in [3.05, 3.63) is 29.8 Å². The monoisotopic (exact) mass is 290 g/mol. The lowest BCUT2D eigenvalue weighted by atomic mass is 10.00. The van der Waals surface area contributed by atoms with Crippen LogP contribution in [0.25, 0.3) is 0 Å². The van der Waals surface area contributed by atoms with Crippen LogP contribution < -0.4 is 10.5 Å². The van der Waals surface area contributed by atoms with Crippen LogP contribution in [0.1, 0.15) is 43.0 Å². The van der Waals surface area contributed by atoms with Gasteiger partial charge in [-0.1, -0.05) is 19.1 Å². The highest BCUT2D eigenvalue weighted by Gasteiger charge is 2.25. The maximum Gasteiger partial charge on any atom is 0.260 e. The molecule has 1 aromatic carbocycles.